The summed E-state index contributed by atoms with van der Waals surface area (Å²) < 4.78 is 7.20. The zero-order valence-corrected chi connectivity index (χ0v) is 25.7. The number of carbonyl (C=O) groups excluding carboxylic acids is 4. The highest BCUT2D eigenvalue weighted by atomic mass is 16.5. The first-order chi connectivity index (χ1) is 20.9. The molecule has 3 heterocycles. The topological polar surface area (TPSA) is 154 Å². The number of amides is 3. The summed E-state index contributed by atoms with van der Waals surface area (Å²) >= 11 is 0. The van der Waals surface area contributed by atoms with Gasteiger partial charge in [0, 0.05) is 57.2 Å². The Morgan fingerprint density at radius 2 is 1.61 bits per heavy atom. The van der Waals surface area contributed by atoms with E-state index < -0.39 is 23.3 Å². The molecule has 1 aromatic carbocycles. The highest BCUT2D eigenvalue weighted by Gasteiger charge is 2.32. The molecule has 44 heavy (non-hydrogen) atoms. The number of benzene rings is 1. The van der Waals surface area contributed by atoms with Crippen LogP contribution in [0.5, 0.6) is 5.88 Å². The number of carbonyl (C=O) groups is 5. The highest BCUT2D eigenvalue weighted by Crippen LogP contribution is 2.22. The Hall–Kier alpha value is -4.26. The number of para-hydroxylation sites is 1. The molecule has 2 aromatic rings. The van der Waals surface area contributed by atoms with E-state index in [0.717, 1.165) is 25.9 Å². The lowest BCUT2D eigenvalue weighted by atomic mass is 9.91. The van der Waals surface area contributed by atoms with Crippen molar-refractivity contribution >= 4 is 29.5 Å². The van der Waals surface area contributed by atoms with Crippen molar-refractivity contribution in [2.75, 3.05) is 52.4 Å². The van der Waals surface area contributed by atoms with E-state index in [2.05, 4.69) is 10.4 Å². The van der Waals surface area contributed by atoms with Crippen LogP contribution in [-0.4, -0.2) is 118 Å². The van der Waals surface area contributed by atoms with Gasteiger partial charge in [-0.05, 0) is 31.4 Å². The van der Waals surface area contributed by atoms with E-state index >= 15 is 0 Å². The Balaban J connectivity index is 1.44. The molecular weight excluding hydrogens is 568 g/mol. The molecule has 2 fully saturated rings. The Kier molecular flexibility index (Phi) is 10.7. The molecule has 0 aliphatic carbocycles. The molecule has 13 nitrogen and oxygen atoms in total. The van der Waals surface area contributed by atoms with E-state index in [-0.39, 0.29) is 48.6 Å². The van der Waals surface area contributed by atoms with Gasteiger partial charge in [0.1, 0.15) is 12.6 Å². The Labute approximate surface area is 257 Å². The molecule has 0 saturated carbocycles. The van der Waals surface area contributed by atoms with Crippen molar-refractivity contribution in [1.29, 1.82) is 0 Å². The van der Waals surface area contributed by atoms with Gasteiger partial charge in [-0.25, -0.2) is 4.68 Å². The quantitative estimate of drug-likeness (QED) is 0.365. The van der Waals surface area contributed by atoms with Crippen LogP contribution in [0.15, 0.2) is 36.4 Å². The van der Waals surface area contributed by atoms with Crippen LogP contribution in [0.2, 0.25) is 0 Å². The van der Waals surface area contributed by atoms with Crippen LogP contribution in [0.1, 0.15) is 56.9 Å². The van der Waals surface area contributed by atoms with Gasteiger partial charge >= 0.3 is 5.97 Å². The van der Waals surface area contributed by atoms with Crippen LogP contribution in [0, 0.1) is 5.41 Å². The second-order valence-corrected chi connectivity index (χ2v) is 12.2. The van der Waals surface area contributed by atoms with Gasteiger partial charge in [-0.1, -0.05) is 39.0 Å². The van der Waals surface area contributed by atoms with Crippen LogP contribution in [0.25, 0.3) is 5.69 Å². The SMILES string of the molecule is CC(C)(C)C(=O)COc1cc(C(=O)N[C@@H](CCC(=O)O)C(=O)N2CCN(CC(=O)N3CCCC3)CC2)nn1-c1ccccc1. The van der Waals surface area contributed by atoms with Crippen molar-refractivity contribution in [2.45, 2.75) is 52.5 Å². The van der Waals surface area contributed by atoms with Gasteiger partial charge in [0.25, 0.3) is 5.91 Å². The molecule has 13 heteroatoms. The number of ether oxygens (including phenoxy) is 1. The Morgan fingerprint density at radius 1 is 0.955 bits per heavy atom. The first-order valence-electron chi connectivity index (χ1n) is 15.1. The number of aliphatic carboxylic acids is 1. The number of piperazine rings is 1. The first-order valence-corrected chi connectivity index (χ1v) is 15.1. The fourth-order valence-corrected chi connectivity index (χ4v) is 5.05. The third kappa shape index (κ3) is 8.65. The molecule has 2 aliphatic rings. The van der Waals surface area contributed by atoms with Gasteiger partial charge in [-0.3, -0.25) is 28.9 Å². The Bertz CT molecular complexity index is 1340. The summed E-state index contributed by atoms with van der Waals surface area (Å²) in [5, 5.41) is 16.4. The van der Waals surface area contributed by atoms with Gasteiger partial charge in [0.2, 0.25) is 17.7 Å². The molecule has 1 aromatic heterocycles. The summed E-state index contributed by atoms with van der Waals surface area (Å²) in [6, 6.07) is 9.26. The first kappa shape index (κ1) is 32.6. The number of hydrogen-bond acceptors (Lipinski definition) is 8. The van der Waals surface area contributed by atoms with Crippen LogP contribution in [0.3, 0.4) is 0 Å². The van der Waals surface area contributed by atoms with Gasteiger partial charge in [0.15, 0.2) is 11.5 Å². The molecular formula is C31H42N6O7. The number of carboxylic acids is 1. The van der Waals surface area contributed by atoms with Crippen LogP contribution in [-0.2, 0) is 19.2 Å². The van der Waals surface area contributed by atoms with E-state index in [1.54, 1.807) is 49.9 Å². The third-order valence-electron chi connectivity index (χ3n) is 7.85. The van der Waals surface area contributed by atoms with Crippen molar-refractivity contribution in [3.63, 3.8) is 0 Å². The predicted molar refractivity (Wildman–Crippen MR) is 160 cm³/mol. The summed E-state index contributed by atoms with van der Waals surface area (Å²) in [5.41, 5.74) is -0.0699. The Morgan fingerprint density at radius 3 is 2.23 bits per heavy atom. The zero-order chi connectivity index (χ0) is 31.9. The van der Waals surface area contributed by atoms with E-state index in [1.165, 1.54) is 10.7 Å². The van der Waals surface area contributed by atoms with Gasteiger partial charge < -0.3 is 25.0 Å². The van der Waals surface area contributed by atoms with Crippen LogP contribution in [0.4, 0.5) is 0 Å². The average Bonchev–Trinajstić information content (AvgIpc) is 3.69. The summed E-state index contributed by atoms with van der Waals surface area (Å²) in [5.74, 6) is -2.02. The minimum Gasteiger partial charge on any atom is -0.481 e. The lowest BCUT2D eigenvalue weighted by Gasteiger charge is -2.36. The van der Waals surface area contributed by atoms with E-state index in [9.17, 15) is 29.1 Å². The second-order valence-electron chi connectivity index (χ2n) is 12.2. The maximum absolute atomic E-state index is 13.5. The molecule has 0 spiro atoms. The van der Waals surface area contributed by atoms with Gasteiger partial charge in [-0.15, -0.1) is 0 Å². The maximum Gasteiger partial charge on any atom is 0.303 e. The summed E-state index contributed by atoms with van der Waals surface area (Å²) in [4.78, 5) is 68.8. The molecule has 0 unspecified atom stereocenters. The normalized spacial score (nSPS) is 16.4. The minimum absolute atomic E-state index is 0.0505. The zero-order valence-electron chi connectivity index (χ0n) is 25.7. The molecule has 0 radical (unpaired) electrons. The fourth-order valence-electron chi connectivity index (χ4n) is 5.05. The van der Waals surface area contributed by atoms with Crippen molar-refractivity contribution in [3.05, 3.63) is 42.1 Å². The van der Waals surface area contributed by atoms with E-state index in [1.807, 2.05) is 15.9 Å². The molecule has 1 atom stereocenters. The number of carboxylic acid groups (broad SMARTS) is 1. The largest absolute Gasteiger partial charge is 0.481 e. The number of likely N-dealkylation sites (tertiary alicyclic amines) is 1. The smallest absolute Gasteiger partial charge is 0.303 e. The number of nitrogens with zero attached hydrogens (tertiary/aromatic N) is 5. The number of ketones is 1. The summed E-state index contributed by atoms with van der Waals surface area (Å²) in [6.45, 7) is 8.72. The monoisotopic (exact) mass is 610 g/mol. The predicted octanol–water partition coefficient (Wildman–Crippen LogP) is 1.60. The highest BCUT2D eigenvalue weighted by molar-refractivity contribution is 5.96. The maximum atomic E-state index is 13.5. The number of rotatable bonds is 12. The van der Waals surface area contributed by atoms with Crippen molar-refractivity contribution < 1.29 is 33.8 Å². The third-order valence-corrected chi connectivity index (χ3v) is 7.85. The standard InChI is InChI=1S/C31H42N6O7/c1-31(2,3)25(38)21-44-27-19-24(33-37(27)22-9-5-4-6-10-22)29(42)32-23(11-12-28(40)41)30(43)36-17-15-34(16-18-36)20-26(39)35-13-7-8-14-35/h4-6,9-10,19,23H,7-8,11-18,20-21H2,1-3H3,(H,32,42)(H,40,41)/t23-/m0/s1. The number of nitrogens with one attached hydrogen (secondary N) is 1. The van der Waals surface area contributed by atoms with Crippen LogP contribution < -0.4 is 10.1 Å². The fraction of sp³-hybridized carbons (Fsp3) is 0.548. The van der Waals surface area contributed by atoms with Gasteiger partial charge in [0.05, 0.1) is 12.2 Å². The summed E-state index contributed by atoms with van der Waals surface area (Å²) in [7, 11) is 0. The number of hydrogen-bond donors (Lipinski definition) is 2. The van der Waals surface area contributed by atoms with E-state index in [4.69, 9.17) is 4.74 Å². The lowest BCUT2D eigenvalue weighted by Crippen LogP contribution is -2.56. The second kappa shape index (κ2) is 14.5. The number of aromatic nitrogens is 2. The average molecular weight is 611 g/mol. The van der Waals surface area contributed by atoms with Crippen LogP contribution >= 0.6 is 0 Å². The van der Waals surface area contributed by atoms with Gasteiger partial charge in [-0.2, -0.15) is 5.10 Å². The van der Waals surface area contributed by atoms with Crippen molar-refractivity contribution in [1.82, 2.24) is 29.8 Å². The molecule has 2 N–H and O–H groups in total. The van der Waals surface area contributed by atoms with Crippen molar-refractivity contribution in [3.8, 4) is 11.6 Å². The molecule has 238 valence electrons. The molecule has 4 rings (SSSR count). The molecule has 2 saturated heterocycles. The summed E-state index contributed by atoms with van der Waals surface area (Å²) in [6.07, 6.45) is 1.63. The van der Waals surface area contributed by atoms with Crippen molar-refractivity contribution in [2.24, 2.45) is 5.41 Å². The molecule has 3 amide bonds. The molecule has 2 aliphatic heterocycles. The molecule has 0 bridgehead atoms. The van der Waals surface area contributed by atoms with E-state index in [0.29, 0.717) is 38.4 Å². The minimum atomic E-state index is -1.09. The number of Topliss-reactive ketones (excluding diaryl/α,β-unsaturated/α-hetero) is 1. The lowest BCUT2D eigenvalue weighted by molar-refractivity contribution is -0.138.